The third-order valence-electron chi connectivity index (χ3n) is 4.95. The van der Waals surface area contributed by atoms with Crippen molar-refractivity contribution in [3.8, 4) is 0 Å². The number of piperazine rings is 1. The number of nitrogens with zero attached hydrogens (tertiary/aromatic N) is 3. The van der Waals surface area contributed by atoms with E-state index in [1.807, 2.05) is 12.3 Å². The molecule has 0 N–H and O–H groups in total. The molecule has 1 aromatic rings. The van der Waals surface area contributed by atoms with Gasteiger partial charge in [0.15, 0.2) is 0 Å². The van der Waals surface area contributed by atoms with Crippen molar-refractivity contribution in [2.24, 2.45) is 5.92 Å². The van der Waals surface area contributed by atoms with Crippen LogP contribution < -0.4 is 0 Å². The van der Waals surface area contributed by atoms with Gasteiger partial charge in [0.05, 0.1) is 5.69 Å². The van der Waals surface area contributed by atoms with Crippen LogP contribution in [0.3, 0.4) is 0 Å². The van der Waals surface area contributed by atoms with Crippen molar-refractivity contribution in [3.05, 3.63) is 30.1 Å². The number of rotatable bonds is 3. The third kappa shape index (κ3) is 3.04. The molecule has 0 amide bonds. The van der Waals surface area contributed by atoms with Gasteiger partial charge in [-0.2, -0.15) is 0 Å². The van der Waals surface area contributed by atoms with Crippen LogP contribution in [-0.2, 0) is 6.54 Å². The molecule has 2 aliphatic heterocycles. The molecule has 3 heterocycles. The molecule has 3 rings (SSSR count). The first-order valence-corrected chi connectivity index (χ1v) is 8.12. The monoisotopic (exact) mass is 273 g/mol. The largest absolute Gasteiger partial charge is 0.298 e. The van der Waals surface area contributed by atoms with Gasteiger partial charge < -0.3 is 0 Å². The lowest BCUT2D eigenvalue weighted by molar-refractivity contribution is -0.0123. The minimum atomic E-state index is 0.673. The first-order valence-electron chi connectivity index (χ1n) is 8.12. The van der Waals surface area contributed by atoms with E-state index in [-0.39, 0.29) is 0 Å². The van der Waals surface area contributed by atoms with Crippen molar-refractivity contribution in [1.82, 2.24) is 14.8 Å². The number of fused-ring (bicyclic) bond motifs is 1. The Morgan fingerprint density at radius 2 is 2.15 bits per heavy atom. The summed E-state index contributed by atoms with van der Waals surface area (Å²) in [5.41, 5.74) is 1.21. The molecule has 1 aromatic heterocycles. The molecular weight excluding hydrogens is 246 g/mol. The van der Waals surface area contributed by atoms with E-state index in [2.05, 4.69) is 40.8 Å². The van der Waals surface area contributed by atoms with E-state index in [1.54, 1.807) is 0 Å². The highest BCUT2D eigenvalue weighted by molar-refractivity contribution is 5.05. The Labute approximate surface area is 123 Å². The molecule has 110 valence electrons. The van der Waals surface area contributed by atoms with Gasteiger partial charge >= 0.3 is 0 Å². The van der Waals surface area contributed by atoms with Gasteiger partial charge in [0.1, 0.15) is 0 Å². The van der Waals surface area contributed by atoms with Crippen LogP contribution in [0, 0.1) is 5.92 Å². The minimum Gasteiger partial charge on any atom is -0.298 e. The summed E-state index contributed by atoms with van der Waals surface area (Å²) in [5.74, 6) is 0.710. The van der Waals surface area contributed by atoms with E-state index < -0.39 is 0 Å². The SMILES string of the molecule is CC(C)C1CN2CCCCC2CN1Cc1ccccn1. The van der Waals surface area contributed by atoms with Crippen LogP contribution in [-0.4, -0.2) is 46.5 Å². The summed E-state index contributed by atoms with van der Waals surface area (Å²) in [4.78, 5) is 9.93. The van der Waals surface area contributed by atoms with E-state index >= 15 is 0 Å². The summed E-state index contributed by atoms with van der Waals surface area (Å²) in [6.45, 7) is 9.51. The summed E-state index contributed by atoms with van der Waals surface area (Å²) in [7, 11) is 0. The molecule has 0 saturated carbocycles. The predicted molar refractivity (Wildman–Crippen MR) is 82.5 cm³/mol. The highest BCUT2D eigenvalue weighted by Gasteiger charge is 2.36. The molecule has 2 unspecified atom stereocenters. The molecule has 2 saturated heterocycles. The topological polar surface area (TPSA) is 19.4 Å². The lowest BCUT2D eigenvalue weighted by Crippen LogP contribution is -2.60. The molecule has 2 aliphatic rings. The van der Waals surface area contributed by atoms with Gasteiger partial charge in [0.25, 0.3) is 0 Å². The number of hydrogen-bond donors (Lipinski definition) is 0. The summed E-state index contributed by atoms with van der Waals surface area (Å²) in [5, 5.41) is 0. The minimum absolute atomic E-state index is 0.673. The molecule has 0 spiro atoms. The molecular formula is C17H27N3. The molecule has 0 aromatic carbocycles. The number of piperidine rings is 1. The molecule has 3 heteroatoms. The predicted octanol–water partition coefficient (Wildman–Crippen LogP) is 2.78. The number of pyridine rings is 1. The fourth-order valence-corrected chi connectivity index (χ4v) is 3.78. The fraction of sp³-hybridized carbons (Fsp3) is 0.706. The van der Waals surface area contributed by atoms with Crippen molar-refractivity contribution in [2.75, 3.05) is 19.6 Å². The molecule has 3 nitrogen and oxygen atoms in total. The Bertz CT molecular complexity index is 418. The average molecular weight is 273 g/mol. The van der Waals surface area contributed by atoms with Gasteiger partial charge in [-0.05, 0) is 37.4 Å². The Kier molecular flexibility index (Phi) is 4.37. The summed E-state index contributed by atoms with van der Waals surface area (Å²) in [6.07, 6.45) is 6.09. The number of hydrogen-bond acceptors (Lipinski definition) is 3. The summed E-state index contributed by atoms with van der Waals surface area (Å²) >= 11 is 0. The molecule has 0 bridgehead atoms. The Hall–Kier alpha value is -0.930. The van der Waals surface area contributed by atoms with Crippen molar-refractivity contribution in [3.63, 3.8) is 0 Å². The van der Waals surface area contributed by atoms with Gasteiger partial charge in [-0.1, -0.05) is 26.3 Å². The Balaban J connectivity index is 1.72. The Morgan fingerprint density at radius 1 is 1.25 bits per heavy atom. The number of aromatic nitrogens is 1. The maximum absolute atomic E-state index is 4.52. The van der Waals surface area contributed by atoms with Crippen LogP contribution in [0.2, 0.25) is 0 Å². The van der Waals surface area contributed by atoms with Crippen molar-refractivity contribution in [2.45, 2.75) is 51.7 Å². The van der Waals surface area contributed by atoms with E-state index in [4.69, 9.17) is 0 Å². The lowest BCUT2D eigenvalue weighted by Gasteiger charge is -2.49. The molecule has 2 atom stereocenters. The van der Waals surface area contributed by atoms with Crippen molar-refractivity contribution < 1.29 is 0 Å². The summed E-state index contributed by atoms with van der Waals surface area (Å²) < 4.78 is 0. The first-order chi connectivity index (χ1) is 9.74. The second-order valence-corrected chi connectivity index (χ2v) is 6.71. The van der Waals surface area contributed by atoms with Gasteiger partial charge in [-0.15, -0.1) is 0 Å². The smallest absolute Gasteiger partial charge is 0.0544 e. The average Bonchev–Trinajstić information content (AvgIpc) is 2.47. The molecule has 20 heavy (non-hydrogen) atoms. The highest BCUT2D eigenvalue weighted by Crippen LogP contribution is 2.27. The summed E-state index contributed by atoms with van der Waals surface area (Å²) in [6, 6.07) is 7.71. The maximum Gasteiger partial charge on any atom is 0.0544 e. The van der Waals surface area contributed by atoms with Gasteiger partial charge in [0.2, 0.25) is 0 Å². The zero-order valence-corrected chi connectivity index (χ0v) is 12.8. The van der Waals surface area contributed by atoms with Crippen LogP contribution in [0.25, 0.3) is 0 Å². The maximum atomic E-state index is 4.52. The van der Waals surface area contributed by atoms with Crippen molar-refractivity contribution >= 4 is 0 Å². The molecule has 2 fully saturated rings. The van der Waals surface area contributed by atoms with E-state index in [0.29, 0.717) is 12.0 Å². The van der Waals surface area contributed by atoms with Crippen LogP contribution in [0.15, 0.2) is 24.4 Å². The zero-order chi connectivity index (χ0) is 13.9. The second kappa shape index (κ2) is 6.23. The zero-order valence-electron chi connectivity index (χ0n) is 12.8. The lowest BCUT2D eigenvalue weighted by atomic mass is 9.92. The van der Waals surface area contributed by atoms with Gasteiger partial charge in [0, 0.05) is 37.9 Å². The quantitative estimate of drug-likeness (QED) is 0.844. The second-order valence-electron chi connectivity index (χ2n) is 6.71. The fourth-order valence-electron chi connectivity index (χ4n) is 3.78. The van der Waals surface area contributed by atoms with Crippen LogP contribution in [0.5, 0.6) is 0 Å². The Morgan fingerprint density at radius 3 is 2.90 bits per heavy atom. The third-order valence-corrected chi connectivity index (χ3v) is 4.95. The van der Waals surface area contributed by atoms with Crippen LogP contribution in [0.4, 0.5) is 0 Å². The first kappa shape index (κ1) is 14.0. The molecule has 0 radical (unpaired) electrons. The van der Waals surface area contributed by atoms with E-state index in [0.717, 1.165) is 12.6 Å². The van der Waals surface area contributed by atoms with Gasteiger partial charge in [-0.3, -0.25) is 14.8 Å². The normalized spacial score (nSPS) is 28.6. The van der Waals surface area contributed by atoms with Crippen LogP contribution >= 0.6 is 0 Å². The molecule has 0 aliphatic carbocycles. The van der Waals surface area contributed by atoms with Crippen molar-refractivity contribution in [1.29, 1.82) is 0 Å². The van der Waals surface area contributed by atoms with E-state index in [1.165, 1.54) is 44.6 Å². The van der Waals surface area contributed by atoms with Gasteiger partial charge in [-0.25, -0.2) is 0 Å². The van der Waals surface area contributed by atoms with Crippen LogP contribution in [0.1, 0.15) is 38.8 Å². The standard InChI is InChI=1S/C17H27N3/c1-14(2)17-13-19-10-6-4-8-16(19)12-20(17)11-15-7-3-5-9-18-15/h3,5,7,9,14,16-17H,4,6,8,10-13H2,1-2H3. The van der Waals surface area contributed by atoms with E-state index in [9.17, 15) is 0 Å². The highest BCUT2D eigenvalue weighted by atomic mass is 15.3.